The number of aromatic nitrogens is 2. The lowest BCUT2D eigenvalue weighted by Crippen LogP contribution is -2.44. The molecule has 2 amide bonds. The zero-order valence-corrected chi connectivity index (χ0v) is 22.6. The number of amides is 2. The molecule has 0 spiro atoms. The molecule has 1 aromatic heterocycles. The number of halogens is 1. The topological polar surface area (TPSA) is 88.1 Å². The van der Waals surface area contributed by atoms with Crippen molar-refractivity contribution in [1.29, 1.82) is 0 Å². The highest BCUT2D eigenvalue weighted by molar-refractivity contribution is 5.96. The van der Waals surface area contributed by atoms with E-state index in [0.29, 0.717) is 55.4 Å². The van der Waals surface area contributed by atoms with E-state index in [9.17, 15) is 14.0 Å². The second-order valence-electron chi connectivity index (χ2n) is 9.30. The molecule has 10 heteroatoms. The molecule has 0 radical (unpaired) electrons. The highest BCUT2D eigenvalue weighted by atomic mass is 19.1. The Morgan fingerprint density at radius 2 is 1.74 bits per heavy atom. The Balaban J connectivity index is 1.38. The number of carbonyl (C=O) groups is 2. The van der Waals surface area contributed by atoms with Crippen molar-refractivity contribution in [2.75, 3.05) is 58.4 Å². The standard InChI is InChI=1S/C29H34FN5O4/c1-4-14-35(29(37)21-6-8-22(30)9-7-21)20-28(36)34-16-5-15-33(17-18-34)27-13-12-25(31-32-27)24-11-10-23(38-2)19-26(24)39-3/h6-13,19H,4-5,14-18,20H2,1-3H3. The summed E-state index contributed by atoms with van der Waals surface area (Å²) in [4.78, 5) is 31.6. The van der Waals surface area contributed by atoms with E-state index in [1.807, 2.05) is 31.2 Å². The molecule has 1 aliphatic rings. The Morgan fingerprint density at radius 1 is 0.949 bits per heavy atom. The molecule has 2 heterocycles. The lowest BCUT2D eigenvalue weighted by Gasteiger charge is -2.27. The lowest BCUT2D eigenvalue weighted by atomic mass is 10.1. The van der Waals surface area contributed by atoms with E-state index in [0.717, 1.165) is 24.3 Å². The smallest absolute Gasteiger partial charge is 0.254 e. The fraction of sp³-hybridized carbons (Fsp3) is 0.379. The Labute approximate surface area is 228 Å². The fourth-order valence-electron chi connectivity index (χ4n) is 4.60. The van der Waals surface area contributed by atoms with Crippen LogP contribution in [-0.2, 0) is 4.79 Å². The van der Waals surface area contributed by atoms with Gasteiger partial charge in [-0.25, -0.2) is 4.39 Å². The maximum Gasteiger partial charge on any atom is 0.254 e. The molecule has 4 rings (SSSR count). The highest BCUT2D eigenvalue weighted by Crippen LogP contribution is 2.32. The van der Waals surface area contributed by atoms with Gasteiger partial charge >= 0.3 is 0 Å². The predicted molar refractivity (Wildman–Crippen MR) is 147 cm³/mol. The van der Waals surface area contributed by atoms with Gasteiger partial charge in [0, 0.05) is 49.9 Å². The second-order valence-corrected chi connectivity index (χ2v) is 9.30. The number of benzene rings is 2. The van der Waals surface area contributed by atoms with Crippen molar-refractivity contribution in [2.24, 2.45) is 0 Å². The van der Waals surface area contributed by atoms with Gasteiger partial charge in [-0.1, -0.05) is 6.92 Å². The summed E-state index contributed by atoms with van der Waals surface area (Å²) in [5.74, 6) is 1.30. The average Bonchev–Trinajstić information content (AvgIpc) is 3.23. The molecule has 0 bridgehead atoms. The van der Waals surface area contributed by atoms with Gasteiger partial charge in [-0.15, -0.1) is 10.2 Å². The minimum atomic E-state index is -0.404. The summed E-state index contributed by atoms with van der Waals surface area (Å²) in [6.45, 7) is 4.83. The largest absolute Gasteiger partial charge is 0.497 e. The normalized spacial score (nSPS) is 13.5. The van der Waals surface area contributed by atoms with Crippen LogP contribution >= 0.6 is 0 Å². The molecular weight excluding hydrogens is 501 g/mol. The van der Waals surface area contributed by atoms with Crippen LogP contribution in [0, 0.1) is 5.82 Å². The molecule has 1 fully saturated rings. The molecule has 1 aliphatic heterocycles. The van der Waals surface area contributed by atoms with Crippen LogP contribution in [0.1, 0.15) is 30.1 Å². The number of hydrogen-bond donors (Lipinski definition) is 0. The summed E-state index contributed by atoms with van der Waals surface area (Å²) in [5, 5.41) is 8.88. The molecular formula is C29H34FN5O4. The molecule has 3 aromatic rings. The first-order chi connectivity index (χ1) is 18.9. The van der Waals surface area contributed by atoms with Gasteiger partial charge in [-0.05, 0) is 61.4 Å². The molecule has 0 aliphatic carbocycles. The van der Waals surface area contributed by atoms with Gasteiger partial charge in [-0.2, -0.15) is 0 Å². The van der Waals surface area contributed by atoms with Crippen LogP contribution in [-0.4, -0.2) is 85.3 Å². The Kier molecular flexibility index (Phi) is 9.30. The number of rotatable bonds is 9. The average molecular weight is 536 g/mol. The van der Waals surface area contributed by atoms with Crippen LogP contribution < -0.4 is 14.4 Å². The Morgan fingerprint density at radius 3 is 2.41 bits per heavy atom. The number of hydrogen-bond acceptors (Lipinski definition) is 7. The van der Waals surface area contributed by atoms with Gasteiger partial charge < -0.3 is 24.2 Å². The summed E-state index contributed by atoms with van der Waals surface area (Å²) >= 11 is 0. The van der Waals surface area contributed by atoms with E-state index in [-0.39, 0.29) is 18.4 Å². The zero-order valence-electron chi connectivity index (χ0n) is 22.6. The number of nitrogens with zero attached hydrogens (tertiary/aromatic N) is 5. The first-order valence-electron chi connectivity index (χ1n) is 13.1. The Hall–Kier alpha value is -4.21. The van der Waals surface area contributed by atoms with Gasteiger partial charge in [0.05, 0.1) is 19.9 Å². The quantitative estimate of drug-likeness (QED) is 0.411. The van der Waals surface area contributed by atoms with Crippen molar-refractivity contribution in [3.63, 3.8) is 0 Å². The molecule has 206 valence electrons. The first kappa shape index (κ1) is 27.8. The minimum Gasteiger partial charge on any atom is -0.497 e. The second kappa shape index (κ2) is 13.0. The highest BCUT2D eigenvalue weighted by Gasteiger charge is 2.24. The van der Waals surface area contributed by atoms with Crippen molar-refractivity contribution in [2.45, 2.75) is 19.8 Å². The van der Waals surface area contributed by atoms with Crippen molar-refractivity contribution < 1.29 is 23.5 Å². The van der Waals surface area contributed by atoms with E-state index in [2.05, 4.69) is 15.1 Å². The molecule has 0 saturated carbocycles. The number of carbonyl (C=O) groups excluding carboxylic acids is 2. The van der Waals surface area contributed by atoms with Crippen LogP contribution in [0.15, 0.2) is 54.6 Å². The third kappa shape index (κ3) is 6.81. The van der Waals surface area contributed by atoms with Crippen molar-refractivity contribution in [3.05, 3.63) is 66.0 Å². The number of anilines is 1. The SMILES string of the molecule is CCCN(CC(=O)N1CCCN(c2ccc(-c3ccc(OC)cc3OC)nn2)CC1)C(=O)c1ccc(F)cc1. The zero-order chi connectivity index (χ0) is 27.8. The van der Waals surface area contributed by atoms with Crippen LogP contribution in [0.2, 0.25) is 0 Å². The van der Waals surface area contributed by atoms with Gasteiger partial charge in [-0.3, -0.25) is 9.59 Å². The molecule has 0 unspecified atom stereocenters. The van der Waals surface area contributed by atoms with E-state index in [1.54, 1.807) is 25.2 Å². The minimum absolute atomic E-state index is 0.0117. The van der Waals surface area contributed by atoms with Crippen molar-refractivity contribution >= 4 is 17.6 Å². The lowest BCUT2D eigenvalue weighted by molar-refractivity contribution is -0.131. The van der Waals surface area contributed by atoms with Crippen molar-refractivity contribution in [3.8, 4) is 22.8 Å². The molecule has 39 heavy (non-hydrogen) atoms. The first-order valence-corrected chi connectivity index (χ1v) is 13.1. The van der Waals surface area contributed by atoms with Gasteiger partial charge in [0.15, 0.2) is 5.82 Å². The molecule has 2 aromatic carbocycles. The predicted octanol–water partition coefficient (Wildman–Crippen LogP) is 3.89. The molecule has 9 nitrogen and oxygen atoms in total. The fourth-order valence-corrected chi connectivity index (χ4v) is 4.60. The van der Waals surface area contributed by atoms with E-state index in [1.165, 1.54) is 29.2 Å². The van der Waals surface area contributed by atoms with Gasteiger partial charge in [0.2, 0.25) is 5.91 Å². The van der Waals surface area contributed by atoms with Crippen LogP contribution in [0.5, 0.6) is 11.5 Å². The third-order valence-corrected chi connectivity index (χ3v) is 6.71. The Bertz CT molecular complexity index is 1270. The maximum atomic E-state index is 13.3. The van der Waals surface area contributed by atoms with E-state index >= 15 is 0 Å². The molecule has 0 atom stereocenters. The summed E-state index contributed by atoms with van der Waals surface area (Å²) in [7, 11) is 3.21. The summed E-state index contributed by atoms with van der Waals surface area (Å²) in [5.41, 5.74) is 1.87. The number of ether oxygens (including phenoxy) is 2. The van der Waals surface area contributed by atoms with Gasteiger partial charge in [0.25, 0.3) is 5.91 Å². The number of methoxy groups -OCH3 is 2. The van der Waals surface area contributed by atoms with Crippen LogP contribution in [0.25, 0.3) is 11.3 Å². The summed E-state index contributed by atoms with van der Waals surface area (Å²) in [6, 6.07) is 14.8. The summed E-state index contributed by atoms with van der Waals surface area (Å²) < 4.78 is 24.1. The summed E-state index contributed by atoms with van der Waals surface area (Å²) in [6.07, 6.45) is 1.48. The van der Waals surface area contributed by atoms with Crippen molar-refractivity contribution in [1.82, 2.24) is 20.0 Å². The van der Waals surface area contributed by atoms with Gasteiger partial charge in [0.1, 0.15) is 23.9 Å². The van der Waals surface area contributed by atoms with Crippen LogP contribution in [0.4, 0.5) is 10.2 Å². The monoisotopic (exact) mass is 535 g/mol. The molecule has 1 saturated heterocycles. The van der Waals surface area contributed by atoms with E-state index < -0.39 is 5.82 Å². The van der Waals surface area contributed by atoms with Crippen LogP contribution in [0.3, 0.4) is 0 Å². The molecule has 0 N–H and O–H groups in total. The maximum absolute atomic E-state index is 13.3. The van der Waals surface area contributed by atoms with E-state index in [4.69, 9.17) is 9.47 Å². The third-order valence-electron chi connectivity index (χ3n) is 6.71.